The Hall–Kier alpha value is -2.02. The van der Waals surface area contributed by atoms with Crippen molar-refractivity contribution in [2.24, 2.45) is 61.9 Å². The zero-order valence-corrected chi connectivity index (χ0v) is 30.1. The average molecular weight is 640 g/mol. The Bertz CT molecular complexity index is 1330. The van der Waals surface area contributed by atoms with Crippen molar-refractivity contribution >= 4 is 23.5 Å². The molecule has 4 saturated carbocycles. The molecule has 0 aromatic heterocycles. The fraction of sp³-hybridized carbons (Fsp3) is 0.846. The minimum absolute atomic E-state index is 0.0164. The number of ether oxygens (including phenoxy) is 1. The maximum atomic E-state index is 14.0. The lowest BCUT2D eigenvalue weighted by atomic mass is 9.33. The van der Waals surface area contributed by atoms with E-state index in [0.29, 0.717) is 37.6 Å². The summed E-state index contributed by atoms with van der Waals surface area (Å²) in [4.78, 5) is 52.5. The molecule has 0 unspecified atom stereocenters. The predicted octanol–water partition coefficient (Wildman–Crippen LogP) is 7.69. The molecule has 5 aliphatic rings. The van der Waals surface area contributed by atoms with E-state index in [1.54, 1.807) is 13.8 Å². The molecule has 8 atom stereocenters. The van der Waals surface area contributed by atoms with Gasteiger partial charge in [0.25, 0.3) is 0 Å². The highest BCUT2D eigenvalue weighted by atomic mass is 16.5. The minimum atomic E-state index is -1.16. The lowest BCUT2D eigenvalue weighted by molar-refractivity contribution is -0.233. The Morgan fingerprint density at radius 3 is 2.22 bits per heavy atom. The van der Waals surface area contributed by atoms with Crippen molar-refractivity contribution in [1.29, 1.82) is 0 Å². The van der Waals surface area contributed by atoms with Gasteiger partial charge in [-0.25, -0.2) is 0 Å². The first-order chi connectivity index (χ1) is 21.2. The summed E-state index contributed by atoms with van der Waals surface area (Å²) >= 11 is 0. The first-order valence-corrected chi connectivity index (χ1v) is 18.2. The van der Waals surface area contributed by atoms with Crippen LogP contribution in [-0.4, -0.2) is 41.3 Å². The Labute approximate surface area is 277 Å². The molecule has 46 heavy (non-hydrogen) atoms. The van der Waals surface area contributed by atoms with Crippen molar-refractivity contribution in [2.45, 2.75) is 145 Å². The number of esters is 1. The number of hydrogen-bond donors (Lipinski definition) is 2. The Morgan fingerprint density at radius 1 is 0.935 bits per heavy atom. The van der Waals surface area contributed by atoms with E-state index in [4.69, 9.17) is 10.5 Å². The van der Waals surface area contributed by atoms with Gasteiger partial charge in [-0.1, -0.05) is 48.5 Å². The number of carboxylic acids is 1. The highest BCUT2D eigenvalue weighted by Gasteiger charge is 2.70. The van der Waals surface area contributed by atoms with Crippen LogP contribution in [0.5, 0.6) is 0 Å². The summed E-state index contributed by atoms with van der Waals surface area (Å²) in [6.45, 7) is 19.9. The van der Waals surface area contributed by atoms with Gasteiger partial charge in [0.2, 0.25) is 0 Å². The van der Waals surface area contributed by atoms with E-state index in [9.17, 15) is 24.3 Å². The van der Waals surface area contributed by atoms with Gasteiger partial charge in [-0.15, -0.1) is 0 Å². The highest BCUT2D eigenvalue weighted by Crippen LogP contribution is 2.77. The molecule has 5 rings (SSSR count). The SMILES string of the molecule is CC(C)C1=C2[C@H]3CC[C@@H]4[C@@]5(C)CC[C@H](OC(=O)CC(C)(C)C(=O)O)C(C)(C)[C@@H]5CC[C@@]4(C)[C@]3(C)CC[C@@]2(C(=O)CCCN)CC1=O. The third-order valence-electron chi connectivity index (χ3n) is 15.0. The monoisotopic (exact) mass is 639 g/mol. The Morgan fingerprint density at radius 2 is 1.61 bits per heavy atom. The lowest BCUT2D eigenvalue weighted by Gasteiger charge is -2.72. The molecule has 258 valence electrons. The Kier molecular flexibility index (Phi) is 8.86. The van der Waals surface area contributed by atoms with Crippen LogP contribution in [0.4, 0.5) is 0 Å². The van der Waals surface area contributed by atoms with Crippen LogP contribution in [0.3, 0.4) is 0 Å². The number of carbonyl (C=O) groups excluding carboxylic acids is 3. The molecule has 0 aromatic rings. The van der Waals surface area contributed by atoms with Crippen molar-refractivity contribution in [1.82, 2.24) is 0 Å². The van der Waals surface area contributed by atoms with Crippen LogP contribution in [0.2, 0.25) is 0 Å². The molecule has 0 amide bonds. The van der Waals surface area contributed by atoms with Crippen molar-refractivity contribution in [3.05, 3.63) is 11.1 Å². The molecule has 7 nitrogen and oxygen atoms in total. The minimum Gasteiger partial charge on any atom is -0.481 e. The molecular formula is C39H61NO6. The van der Waals surface area contributed by atoms with Gasteiger partial charge < -0.3 is 15.6 Å². The number of Topliss-reactive ketones (excluding diaryl/α,β-unsaturated/α-hetero) is 2. The van der Waals surface area contributed by atoms with E-state index in [0.717, 1.165) is 56.9 Å². The van der Waals surface area contributed by atoms with Gasteiger partial charge >= 0.3 is 11.9 Å². The van der Waals surface area contributed by atoms with Crippen molar-refractivity contribution < 1.29 is 29.0 Å². The second-order valence-electron chi connectivity index (χ2n) is 18.3. The zero-order valence-electron chi connectivity index (χ0n) is 30.1. The average Bonchev–Trinajstić information content (AvgIpc) is 3.26. The van der Waals surface area contributed by atoms with Gasteiger partial charge in [-0.2, -0.15) is 0 Å². The summed E-state index contributed by atoms with van der Waals surface area (Å²) in [5, 5.41) is 9.56. The van der Waals surface area contributed by atoms with Crippen LogP contribution in [0.25, 0.3) is 0 Å². The number of nitrogens with two attached hydrogens (primary N) is 1. The number of fused-ring (bicyclic) bond motifs is 7. The van der Waals surface area contributed by atoms with Crippen LogP contribution >= 0.6 is 0 Å². The summed E-state index contributed by atoms with van der Waals surface area (Å²) in [6.07, 6.45) is 8.79. The molecule has 0 aromatic carbocycles. The number of aliphatic carboxylic acids is 1. The van der Waals surface area contributed by atoms with Gasteiger partial charge in [0.15, 0.2) is 5.78 Å². The fourth-order valence-corrected chi connectivity index (χ4v) is 12.3. The van der Waals surface area contributed by atoms with Gasteiger partial charge in [0.05, 0.1) is 17.3 Å². The van der Waals surface area contributed by atoms with E-state index < -0.39 is 22.8 Å². The van der Waals surface area contributed by atoms with Gasteiger partial charge in [-0.05, 0) is 129 Å². The van der Waals surface area contributed by atoms with Gasteiger partial charge in [-0.3, -0.25) is 19.2 Å². The standard InChI is InChI=1S/C39H61NO6/c1-23(2)31-25(41)21-39(28(42)11-10-20-40)19-18-37(8)24(32(31)39)12-13-27-36(7)16-15-29(46-30(43)22-34(3,4)33(44)45)35(5,6)26(36)14-17-38(27,37)9/h23-24,26-27,29H,10-22,40H2,1-9H3,(H,44,45)/t24-,26+,27-,29+,36+,37-,38-,39+/m1/s1. The molecule has 0 aliphatic heterocycles. The number of ketones is 2. The maximum absolute atomic E-state index is 14.0. The molecular weight excluding hydrogens is 578 g/mol. The molecule has 5 aliphatic carbocycles. The van der Waals surface area contributed by atoms with E-state index in [-0.39, 0.29) is 57.6 Å². The molecule has 0 saturated heterocycles. The van der Waals surface area contributed by atoms with Crippen LogP contribution in [0.15, 0.2) is 11.1 Å². The van der Waals surface area contributed by atoms with Gasteiger partial charge in [0, 0.05) is 18.3 Å². The predicted molar refractivity (Wildman–Crippen MR) is 179 cm³/mol. The fourth-order valence-electron chi connectivity index (χ4n) is 12.3. The van der Waals surface area contributed by atoms with E-state index >= 15 is 0 Å². The maximum Gasteiger partial charge on any atom is 0.309 e. The van der Waals surface area contributed by atoms with Gasteiger partial charge in [0.1, 0.15) is 11.9 Å². The van der Waals surface area contributed by atoms with Crippen molar-refractivity contribution in [3.8, 4) is 0 Å². The molecule has 0 bridgehead atoms. The summed E-state index contributed by atoms with van der Waals surface area (Å²) in [6, 6.07) is 0. The molecule has 0 spiro atoms. The molecule has 7 heteroatoms. The highest BCUT2D eigenvalue weighted by molar-refractivity contribution is 6.07. The zero-order chi connectivity index (χ0) is 34.3. The summed E-state index contributed by atoms with van der Waals surface area (Å²) < 4.78 is 6.13. The quantitative estimate of drug-likeness (QED) is 0.248. The topological polar surface area (TPSA) is 124 Å². The summed E-state index contributed by atoms with van der Waals surface area (Å²) in [5.41, 5.74) is 6.08. The molecule has 4 fully saturated rings. The molecule has 0 radical (unpaired) electrons. The van der Waals surface area contributed by atoms with Crippen molar-refractivity contribution in [2.75, 3.05) is 6.54 Å². The van der Waals surface area contributed by atoms with Crippen LogP contribution in [0, 0.1) is 56.2 Å². The number of rotatable bonds is 9. The van der Waals surface area contributed by atoms with Crippen LogP contribution < -0.4 is 5.73 Å². The molecule has 0 heterocycles. The number of hydrogen-bond acceptors (Lipinski definition) is 6. The number of carbonyl (C=O) groups is 4. The second kappa shape index (κ2) is 11.6. The van der Waals surface area contributed by atoms with E-state index in [2.05, 4.69) is 48.5 Å². The third kappa shape index (κ3) is 4.98. The number of carboxylic acid groups (broad SMARTS) is 1. The van der Waals surface area contributed by atoms with Crippen molar-refractivity contribution in [3.63, 3.8) is 0 Å². The van der Waals surface area contributed by atoms with E-state index in [1.807, 2.05) is 0 Å². The second-order valence-corrected chi connectivity index (χ2v) is 18.3. The first kappa shape index (κ1) is 35.3. The smallest absolute Gasteiger partial charge is 0.309 e. The Balaban J connectivity index is 1.46. The largest absolute Gasteiger partial charge is 0.481 e. The van der Waals surface area contributed by atoms with E-state index in [1.165, 1.54) is 5.57 Å². The first-order valence-electron chi connectivity index (χ1n) is 18.2. The van der Waals surface area contributed by atoms with Crippen LogP contribution in [0.1, 0.15) is 139 Å². The normalized spacial score (nSPS) is 40.1. The number of allylic oxidation sites excluding steroid dienone is 2. The summed E-state index contributed by atoms with van der Waals surface area (Å²) in [7, 11) is 0. The van der Waals surface area contributed by atoms with Crippen LogP contribution in [-0.2, 0) is 23.9 Å². The lowest BCUT2D eigenvalue weighted by Crippen LogP contribution is -2.66. The third-order valence-corrected chi connectivity index (χ3v) is 15.0. The summed E-state index contributed by atoms with van der Waals surface area (Å²) in [5.74, 6) is 0.217. The molecule has 3 N–H and O–H groups in total.